The molecule has 6 nitrogen and oxygen atoms in total. The Kier molecular flexibility index (Phi) is 4.37. The smallest absolute Gasteiger partial charge is 0.416 e. The number of hydrogen-bond acceptors (Lipinski definition) is 5. The number of anilines is 1. The van der Waals surface area contributed by atoms with E-state index in [4.69, 9.17) is 4.74 Å². The van der Waals surface area contributed by atoms with E-state index in [1.165, 1.54) is 24.3 Å². The first kappa shape index (κ1) is 17.5. The Hall–Kier alpha value is -3.36. The van der Waals surface area contributed by atoms with E-state index in [1.54, 1.807) is 12.1 Å². The van der Waals surface area contributed by atoms with Crippen molar-refractivity contribution in [3.63, 3.8) is 0 Å². The second-order valence-corrected chi connectivity index (χ2v) is 5.42. The first-order valence-corrected chi connectivity index (χ1v) is 7.35. The van der Waals surface area contributed by atoms with E-state index in [2.05, 4.69) is 5.32 Å². The zero-order valence-corrected chi connectivity index (χ0v) is 13.0. The maximum Gasteiger partial charge on any atom is 0.416 e. The quantitative estimate of drug-likeness (QED) is 0.501. The molecule has 1 heterocycles. The minimum absolute atomic E-state index is 0.0109. The molecular formula is C17H11F3N2O4. The van der Waals surface area contributed by atoms with Crippen LogP contribution in [0.3, 0.4) is 0 Å². The Bertz CT molecular complexity index is 909. The molecular weight excluding hydrogens is 353 g/mol. The van der Waals surface area contributed by atoms with Crippen molar-refractivity contribution in [3.8, 4) is 0 Å². The molecule has 1 atom stereocenters. The number of carbonyl (C=O) groups excluding carboxylic acids is 1. The lowest BCUT2D eigenvalue weighted by Gasteiger charge is -2.10. The van der Waals surface area contributed by atoms with Crippen molar-refractivity contribution in [2.75, 3.05) is 5.32 Å². The van der Waals surface area contributed by atoms with Crippen LogP contribution >= 0.6 is 0 Å². The standard InChI is InChI=1S/C17H11F3N2O4/c18-17(19,20)10-4-3-5-11(8-10)21-9-14(22(24)25)15-12-6-1-2-7-13(12)16(23)26-15/h1-9,15,21H/t15-/m1/s1. The average Bonchev–Trinajstić information content (AvgIpc) is 2.92. The number of halogens is 3. The topological polar surface area (TPSA) is 81.5 Å². The van der Waals surface area contributed by atoms with Crippen molar-refractivity contribution < 1.29 is 27.6 Å². The molecule has 3 rings (SSSR count). The summed E-state index contributed by atoms with van der Waals surface area (Å²) in [6, 6.07) is 10.4. The van der Waals surface area contributed by atoms with E-state index in [9.17, 15) is 28.1 Å². The molecule has 134 valence electrons. The van der Waals surface area contributed by atoms with Crippen LogP contribution in [0, 0.1) is 10.1 Å². The predicted molar refractivity (Wildman–Crippen MR) is 84.7 cm³/mol. The Morgan fingerprint density at radius 2 is 1.92 bits per heavy atom. The summed E-state index contributed by atoms with van der Waals surface area (Å²) in [4.78, 5) is 22.4. The maximum absolute atomic E-state index is 12.7. The first-order chi connectivity index (χ1) is 12.3. The number of cyclic esters (lactones) is 1. The van der Waals surface area contributed by atoms with Crippen molar-refractivity contribution in [1.82, 2.24) is 0 Å². The third-order valence-electron chi connectivity index (χ3n) is 3.74. The van der Waals surface area contributed by atoms with Gasteiger partial charge in [0.25, 0.3) is 0 Å². The molecule has 0 fully saturated rings. The number of ether oxygens (including phenoxy) is 1. The highest BCUT2D eigenvalue weighted by Crippen LogP contribution is 2.36. The van der Waals surface area contributed by atoms with Gasteiger partial charge in [0.1, 0.15) is 0 Å². The summed E-state index contributed by atoms with van der Waals surface area (Å²) < 4.78 is 43.3. The van der Waals surface area contributed by atoms with E-state index in [1.807, 2.05) is 0 Å². The van der Waals surface area contributed by atoms with Gasteiger partial charge in [-0.05, 0) is 24.3 Å². The average molecular weight is 364 g/mol. The molecule has 0 saturated heterocycles. The fourth-order valence-corrected chi connectivity index (χ4v) is 2.53. The van der Waals surface area contributed by atoms with Crippen molar-refractivity contribution in [3.05, 3.63) is 87.2 Å². The van der Waals surface area contributed by atoms with Crippen molar-refractivity contribution >= 4 is 11.7 Å². The molecule has 0 unspecified atom stereocenters. The van der Waals surface area contributed by atoms with Crippen LogP contribution in [0.5, 0.6) is 0 Å². The molecule has 0 aromatic heterocycles. The highest BCUT2D eigenvalue weighted by Gasteiger charge is 2.39. The summed E-state index contributed by atoms with van der Waals surface area (Å²) in [7, 11) is 0. The number of fused-ring (bicyclic) bond motifs is 1. The van der Waals surface area contributed by atoms with Gasteiger partial charge in [-0.3, -0.25) is 10.1 Å². The minimum Gasteiger partial charge on any atom is -0.442 e. The summed E-state index contributed by atoms with van der Waals surface area (Å²) in [6.45, 7) is 0. The zero-order chi connectivity index (χ0) is 18.9. The van der Waals surface area contributed by atoms with Gasteiger partial charge in [-0.1, -0.05) is 24.3 Å². The van der Waals surface area contributed by atoms with E-state index in [0.29, 0.717) is 5.56 Å². The second kappa shape index (κ2) is 6.51. The SMILES string of the molecule is O=C1O[C@@H](C(=CNc2cccc(C(F)(F)F)c2)[N+](=O)[O-])c2ccccc21. The summed E-state index contributed by atoms with van der Waals surface area (Å²) in [5, 5.41) is 13.8. The van der Waals surface area contributed by atoms with Gasteiger partial charge in [0.05, 0.1) is 22.3 Å². The molecule has 0 amide bonds. The van der Waals surface area contributed by atoms with Gasteiger partial charge in [0.15, 0.2) is 0 Å². The largest absolute Gasteiger partial charge is 0.442 e. The minimum atomic E-state index is -4.53. The van der Waals surface area contributed by atoms with Crippen molar-refractivity contribution in [2.24, 2.45) is 0 Å². The molecule has 0 aliphatic carbocycles. The summed E-state index contributed by atoms with van der Waals surface area (Å²) >= 11 is 0. The molecule has 1 N–H and O–H groups in total. The van der Waals surface area contributed by atoms with Crippen molar-refractivity contribution in [1.29, 1.82) is 0 Å². The summed E-state index contributed by atoms with van der Waals surface area (Å²) in [5.41, 5.74) is -0.843. The van der Waals surface area contributed by atoms with E-state index < -0.39 is 34.4 Å². The second-order valence-electron chi connectivity index (χ2n) is 5.42. The van der Waals surface area contributed by atoms with Crippen LogP contribution in [0.25, 0.3) is 0 Å². The number of nitrogens with zero attached hydrogens (tertiary/aromatic N) is 1. The van der Waals surface area contributed by atoms with E-state index >= 15 is 0 Å². The molecule has 0 spiro atoms. The van der Waals surface area contributed by atoms with Crippen LogP contribution in [0.1, 0.15) is 27.6 Å². The number of esters is 1. The molecule has 1 aliphatic heterocycles. The molecule has 1 aliphatic rings. The number of carbonyl (C=O) groups is 1. The molecule has 0 saturated carbocycles. The highest BCUT2D eigenvalue weighted by molar-refractivity contribution is 5.94. The third-order valence-corrected chi connectivity index (χ3v) is 3.74. The first-order valence-electron chi connectivity index (χ1n) is 7.35. The van der Waals surface area contributed by atoms with Gasteiger partial charge in [0, 0.05) is 11.3 Å². The Labute approximate surface area is 145 Å². The fraction of sp³-hybridized carbons (Fsp3) is 0.118. The fourth-order valence-electron chi connectivity index (χ4n) is 2.53. The van der Waals surface area contributed by atoms with E-state index in [0.717, 1.165) is 18.3 Å². The van der Waals surface area contributed by atoms with Gasteiger partial charge in [-0.25, -0.2) is 4.79 Å². The van der Waals surface area contributed by atoms with Crippen LogP contribution in [-0.4, -0.2) is 10.9 Å². The van der Waals surface area contributed by atoms with Crippen LogP contribution in [0.4, 0.5) is 18.9 Å². The molecule has 26 heavy (non-hydrogen) atoms. The van der Waals surface area contributed by atoms with Crippen molar-refractivity contribution in [2.45, 2.75) is 12.3 Å². The van der Waals surface area contributed by atoms with Gasteiger partial charge in [0.2, 0.25) is 6.10 Å². The highest BCUT2D eigenvalue weighted by atomic mass is 19.4. The van der Waals surface area contributed by atoms with Gasteiger partial charge < -0.3 is 10.1 Å². The molecule has 0 bridgehead atoms. The molecule has 9 heteroatoms. The lowest BCUT2D eigenvalue weighted by atomic mass is 10.0. The van der Waals surface area contributed by atoms with Crippen LogP contribution in [0.15, 0.2) is 60.4 Å². The normalized spacial score (nSPS) is 16.8. The molecule has 2 aromatic carbocycles. The molecule has 2 aromatic rings. The molecule has 0 radical (unpaired) electrons. The maximum atomic E-state index is 12.7. The number of benzene rings is 2. The van der Waals surface area contributed by atoms with Gasteiger partial charge in [-0.15, -0.1) is 0 Å². The monoisotopic (exact) mass is 364 g/mol. The van der Waals surface area contributed by atoms with Crippen LogP contribution in [0.2, 0.25) is 0 Å². The van der Waals surface area contributed by atoms with Crippen LogP contribution < -0.4 is 5.32 Å². The lowest BCUT2D eigenvalue weighted by Crippen LogP contribution is -2.12. The third kappa shape index (κ3) is 3.37. The summed E-state index contributed by atoms with van der Waals surface area (Å²) in [5.74, 6) is -0.697. The number of alkyl halides is 3. The lowest BCUT2D eigenvalue weighted by molar-refractivity contribution is -0.436. The van der Waals surface area contributed by atoms with Crippen LogP contribution in [-0.2, 0) is 10.9 Å². The number of rotatable bonds is 4. The predicted octanol–water partition coefficient (Wildman–Crippen LogP) is 4.15. The number of nitro groups is 1. The Morgan fingerprint density at radius 1 is 1.19 bits per heavy atom. The number of nitrogens with one attached hydrogen (secondary N) is 1. The Balaban J connectivity index is 1.91. The van der Waals surface area contributed by atoms with E-state index in [-0.39, 0.29) is 11.3 Å². The van der Waals surface area contributed by atoms with Gasteiger partial charge in [-0.2, -0.15) is 13.2 Å². The van der Waals surface area contributed by atoms with Gasteiger partial charge >= 0.3 is 17.8 Å². The Morgan fingerprint density at radius 3 is 2.62 bits per heavy atom. The zero-order valence-electron chi connectivity index (χ0n) is 13.0. The summed E-state index contributed by atoms with van der Waals surface area (Å²) in [6.07, 6.45) is -4.85. The number of hydrogen-bond donors (Lipinski definition) is 1.